The zero-order valence-corrected chi connectivity index (χ0v) is 11.7. The van der Waals surface area contributed by atoms with Crippen LogP contribution in [-0.4, -0.2) is 65.0 Å². The second-order valence-corrected chi connectivity index (χ2v) is 5.69. The predicted octanol–water partition coefficient (Wildman–Crippen LogP) is 1.94. The van der Waals surface area contributed by atoms with Crippen molar-refractivity contribution in [2.24, 2.45) is 0 Å². The molecule has 1 N–H and O–H groups in total. The van der Waals surface area contributed by atoms with Gasteiger partial charge in [-0.25, -0.2) is 14.0 Å². The molecule has 0 spiro atoms. The first-order valence-electron chi connectivity index (χ1n) is 6.19. The highest BCUT2D eigenvalue weighted by Gasteiger charge is 2.37. The summed E-state index contributed by atoms with van der Waals surface area (Å²) in [6.45, 7) is 5.21. The van der Waals surface area contributed by atoms with Gasteiger partial charge < -0.3 is 19.6 Å². The zero-order chi connectivity index (χ0) is 14.8. The number of halogens is 1. The van der Waals surface area contributed by atoms with Crippen LogP contribution < -0.4 is 0 Å². The van der Waals surface area contributed by atoms with Gasteiger partial charge in [-0.1, -0.05) is 0 Å². The number of likely N-dealkylation sites (tertiary alicyclic amines) is 1. The van der Waals surface area contributed by atoms with Crippen LogP contribution in [0.5, 0.6) is 0 Å². The van der Waals surface area contributed by atoms with Gasteiger partial charge >= 0.3 is 12.2 Å². The van der Waals surface area contributed by atoms with E-state index >= 15 is 0 Å². The van der Waals surface area contributed by atoms with E-state index in [1.165, 1.54) is 11.9 Å². The number of piperidine rings is 1. The zero-order valence-electron chi connectivity index (χ0n) is 11.7. The number of alkyl halides is 1. The van der Waals surface area contributed by atoms with E-state index in [1.54, 1.807) is 20.8 Å². The highest BCUT2D eigenvalue weighted by atomic mass is 19.1. The third-order valence-electron chi connectivity index (χ3n) is 2.96. The number of amides is 2. The number of nitrogens with zero attached hydrogens (tertiary/aromatic N) is 2. The molecule has 6 nitrogen and oxygen atoms in total. The molecule has 0 aromatic heterocycles. The molecule has 0 aromatic rings. The minimum atomic E-state index is -1.40. The topological polar surface area (TPSA) is 70.1 Å². The van der Waals surface area contributed by atoms with Gasteiger partial charge in [0.1, 0.15) is 11.8 Å². The minimum Gasteiger partial charge on any atom is -0.465 e. The van der Waals surface area contributed by atoms with E-state index in [1.807, 2.05) is 0 Å². The van der Waals surface area contributed by atoms with Gasteiger partial charge in [-0.05, 0) is 27.2 Å². The standard InChI is InChI=1S/C12H21FN2O4/c1-12(2,3)19-11(18)14(4)9-5-6-15(10(16)17)7-8(9)13/h8-9H,5-7H2,1-4H3,(H,16,17)/t8-,9+/m1/s1. The van der Waals surface area contributed by atoms with Crippen molar-refractivity contribution < 1.29 is 23.8 Å². The van der Waals surface area contributed by atoms with Gasteiger partial charge in [-0.3, -0.25) is 0 Å². The van der Waals surface area contributed by atoms with Crippen molar-refractivity contribution in [1.29, 1.82) is 0 Å². The van der Waals surface area contributed by atoms with E-state index in [2.05, 4.69) is 0 Å². The Morgan fingerprint density at radius 1 is 1.42 bits per heavy atom. The number of ether oxygens (including phenoxy) is 1. The average molecular weight is 276 g/mol. The molecule has 19 heavy (non-hydrogen) atoms. The second-order valence-electron chi connectivity index (χ2n) is 5.69. The second kappa shape index (κ2) is 5.63. The van der Waals surface area contributed by atoms with Crippen molar-refractivity contribution in [2.75, 3.05) is 20.1 Å². The Labute approximate surface area is 112 Å². The maximum absolute atomic E-state index is 13.9. The summed E-state index contributed by atoms with van der Waals surface area (Å²) >= 11 is 0. The van der Waals surface area contributed by atoms with Crippen molar-refractivity contribution in [2.45, 2.75) is 45.0 Å². The van der Waals surface area contributed by atoms with Gasteiger partial charge in [0.25, 0.3) is 0 Å². The van der Waals surface area contributed by atoms with Gasteiger partial charge in [-0.15, -0.1) is 0 Å². The van der Waals surface area contributed by atoms with Crippen LogP contribution >= 0.6 is 0 Å². The van der Waals surface area contributed by atoms with Gasteiger partial charge in [0.05, 0.1) is 12.6 Å². The first-order chi connectivity index (χ1) is 8.61. The Hall–Kier alpha value is -1.53. The number of hydrogen-bond donors (Lipinski definition) is 1. The minimum absolute atomic E-state index is 0.215. The molecule has 0 radical (unpaired) electrons. The molecule has 0 saturated carbocycles. The summed E-state index contributed by atoms with van der Waals surface area (Å²) in [6, 6.07) is -0.648. The van der Waals surface area contributed by atoms with Crippen molar-refractivity contribution in [1.82, 2.24) is 9.80 Å². The van der Waals surface area contributed by atoms with Crippen LogP contribution in [0.15, 0.2) is 0 Å². The summed E-state index contributed by atoms with van der Waals surface area (Å²) in [5, 5.41) is 8.80. The molecule has 2 amide bonds. The Morgan fingerprint density at radius 3 is 2.42 bits per heavy atom. The molecule has 110 valence electrons. The van der Waals surface area contributed by atoms with Crippen LogP contribution in [0.2, 0.25) is 0 Å². The average Bonchev–Trinajstić information content (AvgIpc) is 2.25. The van der Waals surface area contributed by atoms with Crippen LogP contribution in [0.4, 0.5) is 14.0 Å². The van der Waals surface area contributed by atoms with Gasteiger partial charge in [-0.2, -0.15) is 0 Å². The molecule has 1 fully saturated rings. The lowest BCUT2D eigenvalue weighted by atomic mass is 10.0. The Kier molecular flexibility index (Phi) is 4.60. The number of carbonyl (C=O) groups is 2. The Balaban J connectivity index is 2.61. The summed E-state index contributed by atoms with van der Waals surface area (Å²) in [7, 11) is 1.47. The van der Waals surface area contributed by atoms with E-state index in [0.29, 0.717) is 0 Å². The fraction of sp³-hybridized carbons (Fsp3) is 0.833. The molecule has 0 unspecified atom stereocenters. The van der Waals surface area contributed by atoms with E-state index in [9.17, 15) is 14.0 Å². The fourth-order valence-corrected chi connectivity index (χ4v) is 1.97. The molecule has 0 aromatic carbocycles. The lowest BCUT2D eigenvalue weighted by Crippen LogP contribution is -2.54. The highest BCUT2D eigenvalue weighted by molar-refractivity contribution is 5.68. The highest BCUT2D eigenvalue weighted by Crippen LogP contribution is 2.21. The predicted molar refractivity (Wildman–Crippen MR) is 66.9 cm³/mol. The summed E-state index contributed by atoms with van der Waals surface area (Å²) in [4.78, 5) is 24.8. The summed E-state index contributed by atoms with van der Waals surface area (Å²) in [5.74, 6) is 0. The molecular formula is C12H21FN2O4. The van der Waals surface area contributed by atoms with E-state index in [4.69, 9.17) is 9.84 Å². The third-order valence-corrected chi connectivity index (χ3v) is 2.96. The smallest absolute Gasteiger partial charge is 0.410 e. The maximum atomic E-state index is 13.9. The molecule has 1 heterocycles. The molecular weight excluding hydrogens is 255 g/mol. The quantitative estimate of drug-likeness (QED) is 0.794. The van der Waals surface area contributed by atoms with Crippen LogP contribution in [0.3, 0.4) is 0 Å². The lowest BCUT2D eigenvalue weighted by molar-refractivity contribution is -0.000300. The van der Waals surface area contributed by atoms with Crippen LogP contribution in [-0.2, 0) is 4.74 Å². The summed E-state index contributed by atoms with van der Waals surface area (Å²) < 4.78 is 19.1. The SMILES string of the molecule is CN(C(=O)OC(C)(C)C)[C@H]1CCN(C(=O)O)C[C@H]1F. The van der Waals surface area contributed by atoms with Crippen LogP contribution in [0.25, 0.3) is 0 Å². The largest absolute Gasteiger partial charge is 0.465 e. The summed E-state index contributed by atoms with van der Waals surface area (Å²) in [5.41, 5.74) is -0.640. The molecule has 0 aliphatic carbocycles. The molecule has 1 aliphatic heterocycles. The molecule has 1 rings (SSSR count). The van der Waals surface area contributed by atoms with Crippen molar-refractivity contribution in [3.05, 3.63) is 0 Å². The number of carbonyl (C=O) groups excluding carboxylic acids is 1. The van der Waals surface area contributed by atoms with Crippen molar-refractivity contribution in [3.63, 3.8) is 0 Å². The number of rotatable bonds is 1. The van der Waals surface area contributed by atoms with Crippen LogP contribution in [0.1, 0.15) is 27.2 Å². The lowest BCUT2D eigenvalue weighted by Gasteiger charge is -2.38. The molecule has 0 bridgehead atoms. The van der Waals surface area contributed by atoms with Gasteiger partial charge in [0.2, 0.25) is 0 Å². The Bertz CT molecular complexity index is 356. The third kappa shape index (κ3) is 4.25. The molecule has 1 saturated heterocycles. The normalized spacial score (nSPS) is 23.9. The number of hydrogen-bond acceptors (Lipinski definition) is 3. The molecule has 7 heteroatoms. The van der Waals surface area contributed by atoms with Crippen molar-refractivity contribution >= 4 is 12.2 Å². The van der Waals surface area contributed by atoms with Crippen LogP contribution in [0, 0.1) is 0 Å². The van der Waals surface area contributed by atoms with Gasteiger partial charge in [0.15, 0.2) is 0 Å². The number of carboxylic acid groups (broad SMARTS) is 1. The molecule has 2 atom stereocenters. The van der Waals surface area contributed by atoms with E-state index in [-0.39, 0.29) is 19.5 Å². The maximum Gasteiger partial charge on any atom is 0.410 e. The van der Waals surface area contributed by atoms with Crippen molar-refractivity contribution in [3.8, 4) is 0 Å². The first-order valence-corrected chi connectivity index (χ1v) is 6.19. The molecule has 1 aliphatic rings. The Morgan fingerprint density at radius 2 is 2.00 bits per heavy atom. The van der Waals surface area contributed by atoms with E-state index < -0.39 is 30.0 Å². The monoisotopic (exact) mass is 276 g/mol. The van der Waals surface area contributed by atoms with E-state index in [0.717, 1.165) is 4.90 Å². The summed E-state index contributed by atoms with van der Waals surface area (Å²) in [6.07, 6.45) is -2.87. The van der Waals surface area contributed by atoms with Gasteiger partial charge in [0, 0.05) is 13.6 Å². The fourth-order valence-electron chi connectivity index (χ4n) is 1.97. The first kappa shape index (κ1) is 15.5.